The van der Waals surface area contributed by atoms with Gasteiger partial charge in [0.2, 0.25) is 0 Å². The van der Waals surface area contributed by atoms with Crippen LogP contribution >= 0.6 is 0 Å². The Bertz CT molecular complexity index is 887. The molecule has 0 saturated heterocycles. The molecule has 0 saturated carbocycles. The number of hydrazine groups is 1. The van der Waals surface area contributed by atoms with Crippen molar-refractivity contribution in [1.82, 2.24) is 10.9 Å². The number of ether oxygens (including phenoxy) is 1. The Morgan fingerprint density at radius 1 is 1.22 bits per heavy atom. The highest BCUT2D eigenvalue weighted by molar-refractivity contribution is 5.93. The first-order valence-electron chi connectivity index (χ1n) is 8.03. The fraction of sp³-hybridized carbons (Fsp3) is 0.222. The van der Waals surface area contributed by atoms with Gasteiger partial charge >= 0.3 is 5.88 Å². The topological polar surface area (TPSA) is 124 Å². The first kappa shape index (κ1) is 19.7. The normalized spacial score (nSPS) is 11.8. The summed E-state index contributed by atoms with van der Waals surface area (Å²) < 4.78 is 10.5. The summed E-state index contributed by atoms with van der Waals surface area (Å²) in [5.41, 5.74) is 6.40. The van der Waals surface area contributed by atoms with Crippen molar-refractivity contribution < 1.29 is 23.7 Å². The van der Waals surface area contributed by atoms with Crippen LogP contribution in [0, 0.1) is 24.0 Å². The van der Waals surface area contributed by atoms with Gasteiger partial charge in [0.15, 0.2) is 6.10 Å². The molecule has 0 aliphatic heterocycles. The second kappa shape index (κ2) is 8.65. The summed E-state index contributed by atoms with van der Waals surface area (Å²) in [4.78, 5) is 33.6. The van der Waals surface area contributed by atoms with Crippen molar-refractivity contribution >= 4 is 23.8 Å². The van der Waals surface area contributed by atoms with E-state index in [1.807, 2.05) is 26.0 Å². The molecule has 0 unspecified atom stereocenters. The maximum Gasteiger partial charge on any atom is 0.433 e. The number of nitro groups is 1. The van der Waals surface area contributed by atoms with E-state index in [1.165, 1.54) is 18.2 Å². The van der Waals surface area contributed by atoms with Crippen LogP contribution < -0.4 is 15.6 Å². The number of nitrogens with one attached hydrogen (secondary N) is 2. The summed E-state index contributed by atoms with van der Waals surface area (Å²) in [6, 6.07) is 8.04. The van der Waals surface area contributed by atoms with Crippen molar-refractivity contribution in [2.24, 2.45) is 0 Å². The third kappa shape index (κ3) is 5.43. The second-order valence-corrected chi connectivity index (χ2v) is 5.70. The molecule has 9 nitrogen and oxygen atoms in total. The van der Waals surface area contributed by atoms with Crippen LogP contribution in [0.3, 0.4) is 0 Å². The van der Waals surface area contributed by atoms with E-state index in [9.17, 15) is 19.7 Å². The van der Waals surface area contributed by atoms with Gasteiger partial charge in [-0.15, -0.1) is 0 Å². The monoisotopic (exact) mass is 373 g/mol. The number of hydrogen-bond donors (Lipinski definition) is 2. The fourth-order valence-electron chi connectivity index (χ4n) is 2.05. The predicted octanol–water partition coefficient (Wildman–Crippen LogP) is 2.43. The lowest BCUT2D eigenvalue weighted by molar-refractivity contribution is -0.402. The lowest BCUT2D eigenvalue weighted by atomic mass is 10.1. The molecule has 2 rings (SSSR count). The highest BCUT2D eigenvalue weighted by Crippen LogP contribution is 2.21. The molecule has 9 heteroatoms. The first-order valence-corrected chi connectivity index (χ1v) is 8.03. The maximum atomic E-state index is 12.0. The molecule has 1 atom stereocenters. The zero-order valence-electron chi connectivity index (χ0n) is 15.0. The average Bonchev–Trinajstić information content (AvgIpc) is 3.11. The number of benzene rings is 1. The van der Waals surface area contributed by atoms with Gasteiger partial charge in [-0.1, -0.05) is 12.1 Å². The number of amides is 2. The lowest BCUT2D eigenvalue weighted by Crippen LogP contribution is -2.46. The zero-order chi connectivity index (χ0) is 20.0. The van der Waals surface area contributed by atoms with Gasteiger partial charge in [0.05, 0.1) is 6.07 Å². The van der Waals surface area contributed by atoms with Crippen LogP contribution in [0.1, 0.15) is 23.8 Å². The number of carbonyl (C=O) groups excluding carboxylic acids is 2. The molecule has 0 fully saturated rings. The van der Waals surface area contributed by atoms with Crippen molar-refractivity contribution in [2.45, 2.75) is 26.9 Å². The van der Waals surface area contributed by atoms with Gasteiger partial charge in [0.1, 0.15) is 16.4 Å². The van der Waals surface area contributed by atoms with E-state index in [0.717, 1.165) is 17.2 Å². The summed E-state index contributed by atoms with van der Waals surface area (Å²) in [6.45, 7) is 5.38. The van der Waals surface area contributed by atoms with Crippen LogP contribution in [-0.4, -0.2) is 22.8 Å². The number of carbonyl (C=O) groups is 2. The smallest absolute Gasteiger partial charge is 0.433 e. The van der Waals surface area contributed by atoms with E-state index in [2.05, 4.69) is 10.9 Å². The van der Waals surface area contributed by atoms with Crippen LogP contribution in [0.4, 0.5) is 5.88 Å². The van der Waals surface area contributed by atoms with Crippen LogP contribution in [-0.2, 0) is 9.59 Å². The molecule has 1 heterocycles. The number of aryl methyl sites for hydroxylation is 1. The van der Waals surface area contributed by atoms with Gasteiger partial charge in [-0.05, 0) is 50.1 Å². The van der Waals surface area contributed by atoms with Crippen LogP contribution in [0.5, 0.6) is 5.75 Å². The molecule has 2 N–H and O–H groups in total. The van der Waals surface area contributed by atoms with E-state index in [0.29, 0.717) is 5.75 Å². The zero-order valence-corrected chi connectivity index (χ0v) is 15.0. The largest absolute Gasteiger partial charge is 0.481 e. The van der Waals surface area contributed by atoms with Crippen molar-refractivity contribution in [1.29, 1.82) is 0 Å². The quantitative estimate of drug-likeness (QED) is 0.455. The molecule has 0 bridgehead atoms. The molecule has 0 aliphatic carbocycles. The van der Waals surface area contributed by atoms with Crippen molar-refractivity contribution in [3.63, 3.8) is 0 Å². The van der Waals surface area contributed by atoms with E-state index >= 15 is 0 Å². The number of furan rings is 1. The molecule has 27 heavy (non-hydrogen) atoms. The van der Waals surface area contributed by atoms with Gasteiger partial charge in [0.25, 0.3) is 11.8 Å². The fourth-order valence-corrected chi connectivity index (χ4v) is 2.05. The SMILES string of the molecule is Cc1cccc(O[C@@H](C)C(=O)NNC(=O)/C=C/c2ccc([N+](=O)[O-])o2)c1C. The molecule has 1 aromatic heterocycles. The van der Waals surface area contributed by atoms with Crippen molar-refractivity contribution in [3.8, 4) is 5.75 Å². The summed E-state index contributed by atoms with van der Waals surface area (Å²) in [5, 5.41) is 10.5. The number of nitrogens with zero attached hydrogens (tertiary/aromatic N) is 1. The summed E-state index contributed by atoms with van der Waals surface area (Å²) in [6.07, 6.45) is 1.48. The Hall–Kier alpha value is -3.62. The van der Waals surface area contributed by atoms with Gasteiger partial charge in [0, 0.05) is 6.08 Å². The third-order valence-corrected chi connectivity index (χ3v) is 3.73. The third-order valence-electron chi connectivity index (χ3n) is 3.73. The summed E-state index contributed by atoms with van der Waals surface area (Å²) >= 11 is 0. The maximum absolute atomic E-state index is 12.0. The summed E-state index contributed by atoms with van der Waals surface area (Å²) in [7, 11) is 0. The van der Waals surface area contributed by atoms with E-state index in [-0.39, 0.29) is 5.76 Å². The van der Waals surface area contributed by atoms with Crippen LogP contribution in [0.2, 0.25) is 0 Å². The Morgan fingerprint density at radius 3 is 2.63 bits per heavy atom. The predicted molar refractivity (Wildman–Crippen MR) is 96.7 cm³/mol. The van der Waals surface area contributed by atoms with E-state index < -0.39 is 28.7 Å². The molecular weight excluding hydrogens is 354 g/mol. The van der Waals surface area contributed by atoms with Crippen LogP contribution in [0.15, 0.2) is 40.8 Å². The Morgan fingerprint density at radius 2 is 1.96 bits per heavy atom. The minimum absolute atomic E-state index is 0.134. The number of hydrogen-bond acceptors (Lipinski definition) is 6. The molecule has 2 aromatic rings. The molecular formula is C18H19N3O6. The minimum atomic E-state index is -0.831. The number of rotatable bonds is 6. The average molecular weight is 373 g/mol. The molecule has 2 amide bonds. The first-order chi connectivity index (χ1) is 12.8. The van der Waals surface area contributed by atoms with Gasteiger partial charge < -0.3 is 9.15 Å². The second-order valence-electron chi connectivity index (χ2n) is 5.70. The molecule has 0 aliphatic rings. The highest BCUT2D eigenvalue weighted by Gasteiger charge is 2.16. The highest BCUT2D eigenvalue weighted by atomic mass is 16.6. The summed E-state index contributed by atoms with van der Waals surface area (Å²) in [5.74, 6) is -0.883. The minimum Gasteiger partial charge on any atom is -0.481 e. The molecule has 142 valence electrons. The van der Waals surface area contributed by atoms with Gasteiger partial charge in [-0.25, -0.2) is 0 Å². The Kier molecular flexibility index (Phi) is 6.32. The Balaban J connectivity index is 1.84. The van der Waals surface area contributed by atoms with Crippen LogP contribution in [0.25, 0.3) is 6.08 Å². The van der Waals surface area contributed by atoms with Crippen molar-refractivity contribution in [2.75, 3.05) is 0 Å². The lowest BCUT2D eigenvalue weighted by Gasteiger charge is -2.17. The molecule has 1 aromatic carbocycles. The standard InChI is InChI=1S/C18H19N3O6/c1-11-5-4-6-15(12(11)2)26-13(3)18(23)20-19-16(22)9-7-14-8-10-17(27-14)21(24)25/h4-10,13H,1-3H3,(H,19,22)(H,20,23)/b9-7+/t13-/m0/s1. The van der Waals surface area contributed by atoms with E-state index in [4.69, 9.17) is 9.15 Å². The Labute approximate surface area is 155 Å². The van der Waals surface area contributed by atoms with Gasteiger partial charge in [-0.2, -0.15) is 0 Å². The van der Waals surface area contributed by atoms with E-state index in [1.54, 1.807) is 13.0 Å². The van der Waals surface area contributed by atoms with Gasteiger partial charge in [-0.3, -0.25) is 30.6 Å². The van der Waals surface area contributed by atoms with Crippen molar-refractivity contribution in [3.05, 3.63) is 63.4 Å². The molecule has 0 radical (unpaired) electrons. The molecule has 0 spiro atoms.